The van der Waals surface area contributed by atoms with Crippen molar-refractivity contribution in [3.8, 4) is 0 Å². The van der Waals surface area contributed by atoms with Crippen molar-refractivity contribution in [3.63, 3.8) is 0 Å². The fourth-order valence-corrected chi connectivity index (χ4v) is 2.20. The van der Waals surface area contributed by atoms with E-state index in [1.807, 2.05) is 0 Å². The number of hydrogen-bond acceptors (Lipinski definition) is 3. The molecule has 1 aromatic rings. The Morgan fingerprint density at radius 3 is 2.67 bits per heavy atom. The van der Waals surface area contributed by atoms with E-state index in [0.717, 1.165) is 11.5 Å². The molecule has 1 saturated carbocycles. The normalized spacial score (nSPS) is 20.0. The largest absolute Gasteiger partial charge is 0.359 e. The number of nitrogens with zero attached hydrogens (tertiary/aromatic N) is 1. The molecule has 1 aliphatic rings. The minimum absolute atomic E-state index is 0.0207. The van der Waals surface area contributed by atoms with Gasteiger partial charge in [-0.15, -0.1) is 0 Å². The summed E-state index contributed by atoms with van der Waals surface area (Å²) in [4.78, 5) is 0. The molecule has 1 aromatic heterocycles. The second kappa shape index (κ2) is 4.35. The fourth-order valence-electron chi connectivity index (χ4n) is 2.20. The monoisotopic (exact) mass is 208 g/mol. The van der Waals surface area contributed by atoms with E-state index in [2.05, 4.69) is 25.1 Å². The van der Waals surface area contributed by atoms with Gasteiger partial charge in [-0.1, -0.05) is 31.8 Å². The van der Waals surface area contributed by atoms with Crippen molar-refractivity contribution in [2.45, 2.75) is 51.5 Å². The molecule has 3 nitrogen and oxygen atoms in total. The van der Waals surface area contributed by atoms with Crippen LogP contribution >= 0.6 is 0 Å². The Bertz CT molecular complexity index is 297. The van der Waals surface area contributed by atoms with Crippen molar-refractivity contribution in [2.75, 3.05) is 0 Å². The van der Waals surface area contributed by atoms with Gasteiger partial charge in [-0.05, 0) is 18.8 Å². The van der Waals surface area contributed by atoms with E-state index >= 15 is 0 Å². The van der Waals surface area contributed by atoms with Crippen LogP contribution in [0, 0.1) is 5.92 Å². The zero-order valence-corrected chi connectivity index (χ0v) is 9.57. The Labute approximate surface area is 91.0 Å². The van der Waals surface area contributed by atoms with Crippen molar-refractivity contribution >= 4 is 0 Å². The van der Waals surface area contributed by atoms with Gasteiger partial charge in [0, 0.05) is 12.0 Å². The molecule has 15 heavy (non-hydrogen) atoms. The summed E-state index contributed by atoms with van der Waals surface area (Å²) in [7, 11) is 0. The molecule has 2 N–H and O–H groups in total. The molecule has 1 fully saturated rings. The molecule has 3 heteroatoms. The molecule has 0 saturated heterocycles. The lowest BCUT2D eigenvalue weighted by atomic mass is 10.00. The van der Waals surface area contributed by atoms with Crippen LogP contribution in [-0.4, -0.2) is 5.16 Å². The third-order valence-electron chi connectivity index (χ3n) is 3.37. The number of aromatic nitrogens is 1. The summed E-state index contributed by atoms with van der Waals surface area (Å²) in [6.45, 7) is 4.20. The molecule has 0 aliphatic heterocycles. The van der Waals surface area contributed by atoms with Crippen molar-refractivity contribution < 1.29 is 4.52 Å². The lowest BCUT2D eigenvalue weighted by Gasteiger charge is -2.10. The first-order valence-corrected chi connectivity index (χ1v) is 5.90. The summed E-state index contributed by atoms with van der Waals surface area (Å²) in [5, 5.41) is 4.15. The predicted molar refractivity (Wildman–Crippen MR) is 59.5 cm³/mol. The first-order valence-electron chi connectivity index (χ1n) is 5.90. The third-order valence-corrected chi connectivity index (χ3v) is 3.37. The van der Waals surface area contributed by atoms with E-state index in [9.17, 15) is 0 Å². The van der Waals surface area contributed by atoms with Crippen LogP contribution < -0.4 is 5.73 Å². The number of hydrogen-bond donors (Lipinski definition) is 1. The summed E-state index contributed by atoms with van der Waals surface area (Å²) in [5.74, 6) is 1.85. The van der Waals surface area contributed by atoms with Gasteiger partial charge in [-0.25, -0.2) is 0 Å². The zero-order chi connectivity index (χ0) is 10.8. The van der Waals surface area contributed by atoms with E-state index < -0.39 is 0 Å². The van der Waals surface area contributed by atoms with Gasteiger partial charge in [0.05, 0.1) is 11.7 Å². The van der Waals surface area contributed by atoms with E-state index in [1.165, 1.54) is 25.7 Å². The maximum atomic E-state index is 6.02. The van der Waals surface area contributed by atoms with E-state index in [0.29, 0.717) is 11.8 Å². The zero-order valence-electron chi connectivity index (χ0n) is 9.57. The lowest BCUT2D eigenvalue weighted by Crippen LogP contribution is -2.15. The van der Waals surface area contributed by atoms with Gasteiger partial charge in [0.2, 0.25) is 0 Å². The maximum Gasteiger partial charge on any atom is 0.153 e. The highest BCUT2D eigenvalue weighted by Gasteiger charge is 2.23. The van der Waals surface area contributed by atoms with E-state index in [1.54, 1.807) is 0 Å². The number of nitrogens with two attached hydrogens (primary N) is 1. The van der Waals surface area contributed by atoms with Crippen LogP contribution in [0.15, 0.2) is 10.6 Å². The molecule has 2 rings (SSSR count). The maximum absolute atomic E-state index is 6.02. The molecule has 0 spiro atoms. The van der Waals surface area contributed by atoms with Crippen molar-refractivity contribution in [1.82, 2.24) is 5.16 Å². The molecular formula is C12H20N2O. The van der Waals surface area contributed by atoms with Gasteiger partial charge >= 0.3 is 0 Å². The topological polar surface area (TPSA) is 52.0 Å². The van der Waals surface area contributed by atoms with Gasteiger partial charge in [0.25, 0.3) is 0 Å². The minimum atomic E-state index is -0.0207. The van der Waals surface area contributed by atoms with Crippen LogP contribution in [0.3, 0.4) is 0 Å². The molecule has 0 bridgehead atoms. The molecule has 1 unspecified atom stereocenters. The summed E-state index contributed by atoms with van der Waals surface area (Å²) in [6, 6.07) is 2.04. The van der Waals surface area contributed by atoms with Crippen molar-refractivity contribution in [3.05, 3.63) is 17.5 Å². The van der Waals surface area contributed by atoms with Gasteiger partial charge in [0.1, 0.15) is 0 Å². The Kier molecular flexibility index (Phi) is 3.10. The van der Waals surface area contributed by atoms with Gasteiger partial charge in [-0.3, -0.25) is 0 Å². The van der Waals surface area contributed by atoms with Gasteiger partial charge < -0.3 is 10.3 Å². The molecule has 84 valence electrons. The fraction of sp³-hybridized carbons (Fsp3) is 0.750. The first-order chi connectivity index (χ1) is 7.18. The minimum Gasteiger partial charge on any atom is -0.359 e. The first kappa shape index (κ1) is 10.7. The third kappa shape index (κ3) is 2.23. The van der Waals surface area contributed by atoms with Crippen LogP contribution in [0.5, 0.6) is 0 Å². The van der Waals surface area contributed by atoms with E-state index in [4.69, 9.17) is 10.3 Å². The Morgan fingerprint density at radius 1 is 1.40 bits per heavy atom. The highest BCUT2D eigenvalue weighted by molar-refractivity contribution is 5.14. The average Bonchev–Trinajstić information content (AvgIpc) is 2.86. The quantitative estimate of drug-likeness (QED) is 0.830. The van der Waals surface area contributed by atoms with Crippen LogP contribution in [-0.2, 0) is 0 Å². The van der Waals surface area contributed by atoms with Crippen LogP contribution in [0.4, 0.5) is 0 Å². The standard InChI is InChI=1S/C12H20N2O/c1-8(2)12(13)11-7-10(14-15-11)9-5-3-4-6-9/h7-9,12H,3-6,13H2,1-2H3. The Hall–Kier alpha value is -0.830. The molecule has 1 aliphatic carbocycles. The van der Waals surface area contributed by atoms with Gasteiger partial charge in [0.15, 0.2) is 5.76 Å². The second-order valence-corrected chi connectivity index (χ2v) is 4.91. The second-order valence-electron chi connectivity index (χ2n) is 4.91. The van der Waals surface area contributed by atoms with Crippen LogP contribution in [0.25, 0.3) is 0 Å². The predicted octanol–water partition coefficient (Wildman–Crippen LogP) is 2.99. The Morgan fingerprint density at radius 2 is 2.07 bits per heavy atom. The van der Waals surface area contributed by atoms with E-state index in [-0.39, 0.29) is 6.04 Å². The molecule has 0 amide bonds. The Balaban J connectivity index is 2.09. The highest BCUT2D eigenvalue weighted by Crippen LogP contribution is 2.34. The average molecular weight is 208 g/mol. The molecule has 1 heterocycles. The molecular weight excluding hydrogens is 188 g/mol. The number of rotatable bonds is 3. The summed E-state index contributed by atoms with van der Waals surface area (Å²) < 4.78 is 5.33. The summed E-state index contributed by atoms with van der Waals surface area (Å²) in [6.07, 6.45) is 5.15. The summed E-state index contributed by atoms with van der Waals surface area (Å²) >= 11 is 0. The van der Waals surface area contributed by atoms with Crippen molar-refractivity contribution in [2.24, 2.45) is 11.7 Å². The van der Waals surface area contributed by atoms with Crippen LogP contribution in [0.1, 0.15) is 62.9 Å². The highest BCUT2D eigenvalue weighted by atomic mass is 16.5. The molecule has 0 radical (unpaired) electrons. The van der Waals surface area contributed by atoms with Crippen LogP contribution in [0.2, 0.25) is 0 Å². The smallest absolute Gasteiger partial charge is 0.153 e. The SMILES string of the molecule is CC(C)C(N)c1cc(C2CCCC2)no1. The molecule has 1 atom stereocenters. The molecule has 0 aromatic carbocycles. The van der Waals surface area contributed by atoms with Crippen molar-refractivity contribution in [1.29, 1.82) is 0 Å². The lowest BCUT2D eigenvalue weighted by molar-refractivity contribution is 0.327. The van der Waals surface area contributed by atoms with Gasteiger partial charge in [-0.2, -0.15) is 0 Å². The summed E-state index contributed by atoms with van der Waals surface area (Å²) in [5.41, 5.74) is 7.13.